The van der Waals surface area contributed by atoms with Crippen LogP contribution in [0.25, 0.3) is 0 Å². The molecule has 0 spiro atoms. The number of nitriles is 1. The topological polar surface area (TPSA) is 82.4 Å². The van der Waals surface area contributed by atoms with Gasteiger partial charge in [-0.05, 0) is 42.0 Å². The van der Waals surface area contributed by atoms with Crippen LogP contribution in [0.5, 0.6) is 5.75 Å². The first-order valence-electron chi connectivity index (χ1n) is 10.0. The first-order chi connectivity index (χ1) is 15.1. The number of para-hydroxylation sites is 1. The van der Waals surface area contributed by atoms with Gasteiger partial charge in [-0.25, -0.2) is 0 Å². The highest BCUT2D eigenvalue weighted by Gasteiger charge is 2.35. The number of carbonyl (C=O) groups is 2. The van der Waals surface area contributed by atoms with Crippen LogP contribution in [0, 0.1) is 17.2 Å². The van der Waals surface area contributed by atoms with Crippen molar-refractivity contribution in [1.82, 2.24) is 0 Å². The fourth-order valence-corrected chi connectivity index (χ4v) is 3.55. The molecule has 1 aliphatic heterocycles. The van der Waals surface area contributed by atoms with Crippen molar-refractivity contribution in [3.63, 3.8) is 0 Å². The molecule has 0 saturated carbocycles. The van der Waals surface area contributed by atoms with Crippen LogP contribution in [0.1, 0.15) is 17.5 Å². The smallest absolute Gasteiger partial charge is 0.229 e. The molecule has 0 aliphatic carbocycles. The average Bonchev–Trinajstić information content (AvgIpc) is 3.20. The summed E-state index contributed by atoms with van der Waals surface area (Å²) in [6, 6.07) is 25.8. The van der Waals surface area contributed by atoms with Crippen LogP contribution in [-0.2, 0) is 16.2 Å². The highest BCUT2D eigenvalue weighted by molar-refractivity contribution is 6.03. The SMILES string of the molecule is N#Cc1cccc(COc2cccc(NC(=O)C3CC(=O)N(c4ccccc4)C3)c2)c1. The number of hydrogen-bond acceptors (Lipinski definition) is 4. The van der Waals surface area contributed by atoms with Crippen LogP contribution in [0.4, 0.5) is 11.4 Å². The Morgan fingerprint density at radius 1 is 1.06 bits per heavy atom. The summed E-state index contributed by atoms with van der Waals surface area (Å²) in [5, 5.41) is 11.9. The molecule has 1 aliphatic rings. The largest absolute Gasteiger partial charge is 0.489 e. The van der Waals surface area contributed by atoms with E-state index >= 15 is 0 Å². The number of anilines is 2. The van der Waals surface area contributed by atoms with E-state index in [1.165, 1.54) is 0 Å². The molecule has 6 nitrogen and oxygen atoms in total. The van der Waals surface area contributed by atoms with E-state index in [-0.39, 0.29) is 18.2 Å². The molecule has 1 unspecified atom stereocenters. The maximum absolute atomic E-state index is 12.7. The summed E-state index contributed by atoms with van der Waals surface area (Å²) < 4.78 is 5.81. The van der Waals surface area contributed by atoms with Gasteiger partial charge >= 0.3 is 0 Å². The summed E-state index contributed by atoms with van der Waals surface area (Å²) in [4.78, 5) is 26.8. The number of rotatable bonds is 6. The summed E-state index contributed by atoms with van der Waals surface area (Å²) >= 11 is 0. The maximum Gasteiger partial charge on any atom is 0.229 e. The van der Waals surface area contributed by atoms with Crippen LogP contribution >= 0.6 is 0 Å². The van der Waals surface area contributed by atoms with Gasteiger partial charge in [-0.2, -0.15) is 5.26 Å². The molecular weight excluding hydrogens is 390 g/mol. The van der Waals surface area contributed by atoms with Gasteiger partial charge < -0.3 is 15.0 Å². The van der Waals surface area contributed by atoms with Gasteiger partial charge in [0.2, 0.25) is 11.8 Å². The third-order valence-corrected chi connectivity index (χ3v) is 5.13. The standard InChI is InChI=1S/C25H21N3O3/c26-15-18-6-4-7-19(12-18)17-31-23-11-5-8-21(14-23)27-25(30)20-13-24(29)28(16-20)22-9-2-1-3-10-22/h1-12,14,20H,13,16-17H2,(H,27,30). The number of amides is 2. The first kappa shape index (κ1) is 20.2. The molecule has 1 atom stereocenters. The van der Waals surface area contributed by atoms with Crippen molar-refractivity contribution in [1.29, 1.82) is 5.26 Å². The molecule has 1 fully saturated rings. The van der Waals surface area contributed by atoms with Crippen molar-refractivity contribution in [3.8, 4) is 11.8 Å². The number of carbonyl (C=O) groups excluding carboxylic acids is 2. The monoisotopic (exact) mass is 411 g/mol. The molecule has 1 saturated heterocycles. The van der Waals surface area contributed by atoms with Gasteiger partial charge in [0.15, 0.2) is 0 Å². The van der Waals surface area contributed by atoms with Gasteiger partial charge in [0, 0.05) is 30.4 Å². The van der Waals surface area contributed by atoms with Crippen LogP contribution in [0.3, 0.4) is 0 Å². The van der Waals surface area contributed by atoms with Crippen molar-refractivity contribution in [2.45, 2.75) is 13.0 Å². The summed E-state index contributed by atoms with van der Waals surface area (Å²) in [6.07, 6.45) is 0.187. The van der Waals surface area contributed by atoms with Crippen LogP contribution in [0.2, 0.25) is 0 Å². The Hall–Kier alpha value is -4.11. The first-order valence-corrected chi connectivity index (χ1v) is 10.0. The van der Waals surface area contributed by atoms with Gasteiger partial charge in [-0.15, -0.1) is 0 Å². The van der Waals surface area contributed by atoms with Crippen molar-refractivity contribution >= 4 is 23.2 Å². The minimum Gasteiger partial charge on any atom is -0.489 e. The molecule has 3 aromatic carbocycles. The van der Waals surface area contributed by atoms with Gasteiger partial charge in [0.1, 0.15) is 12.4 Å². The number of nitrogens with zero attached hydrogens (tertiary/aromatic N) is 2. The predicted molar refractivity (Wildman–Crippen MR) is 117 cm³/mol. The average molecular weight is 411 g/mol. The summed E-state index contributed by atoms with van der Waals surface area (Å²) in [6.45, 7) is 0.677. The summed E-state index contributed by atoms with van der Waals surface area (Å²) in [7, 11) is 0. The number of nitrogens with one attached hydrogen (secondary N) is 1. The molecule has 0 radical (unpaired) electrons. The zero-order chi connectivity index (χ0) is 21.6. The Kier molecular flexibility index (Phi) is 5.95. The highest BCUT2D eigenvalue weighted by atomic mass is 16.5. The van der Waals surface area contributed by atoms with Crippen molar-refractivity contribution in [2.24, 2.45) is 5.92 Å². The fraction of sp³-hybridized carbons (Fsp3) is 0.160. The molecule has 6 heteroatoms. The molecule has 3 aromatic rings. The van der Waals surface area contributed by atoms with E-state index in [2.05, 4.69) is 11.4 Å². The second kappa shape index (κ2) is 9.14. The van der Waals surface area contributed by atoms with E-state index in [0.717, 1.165) is 11.3 Å². The van der Waals surface area contributed by atoms with E-state index in [0.29, 0.717) is 30.2 Å². The highest BCUT2D eigenvalue weighted by Crippen LogP contribution is 2.26. The van der Waals surface area contributed by atoms with Crippen molar-refractivity contribution < 1.29 is 14.3 Å². The maximum atomic E-state index is 12.7. The number of ether oxygens (including phenoxy) is 1. The lowest BCUT2D eigenvalue weighted by molar-refractivity contribution is -0.122. The van der Waals surface area contributed by atoms with E-state index in [1.807, 2.05) is 42.5 Å². The number of hydrogen-bond donors (Lipinski definition) is 1. The summed E-state index contributed by atoms with van der Waals surface area (Å²) in [5.41, 5.74) is 2.88. The van der Waals surface area contributed by atoms with E-state index < -0.39 is 5.92 Å². The fourth-order valence-electron chi connectivity index (χ4n) is 3.55. The lowest BCUT2D eigenvalue weighted by Gasteiger charge is -2.16. The lowest BCUT2D eigenvalue weighted by Crippen LogP contribution is -2.28. The molecular formula is C25H21N3O3. The van der Waals surface area contributed by atoms with Crippen molar-refractivity contribution in [3.05, 3.63) is 90.0 Å². The molecule has 0 aromatic heterocycles. The Morgan fingerprint density at radius 2 is 1.87 bits per heavy atom. The van der Waals surface area contributed by atoms with E-state index in [1.54, 1.807) is 41.3 Å². The minimum atomic E-state index is -0.411. The zero-order valence-electron chi connectivity index (χ0n) is 16.8. The second-order valence-electron chi connectivity index (χ2n) is 7.36. The molecule has 1 heterocycles. The van der Waals surface area contributed by atoms with E-state index in [4.69, 9.17) is 10.00 Å². The van der Waals surface area contributed by atoms with Gasteiger partial charge in [0.05, 0.1) is 17.6 Å². The molecule has 0 bridgehead atoms. The van der Waals surface area contributed by atoms with Crippen molar-refractivity contribution in [2.75, 3.05) is 16.8 Å². The second-order valence-corrected chi connectivity index (χ2v) is 7.36. The minimum absolute atomic E-state index is 0.0527. The Labute approximate surface area is 180 Å². The third-order valence-electron chi connectivity index (χ3n) is 5.13. The van der Waals surface area contributed by atoms with E-state index in [9.17, 15) is 9.59 Å². The molecule has 4 rings (SSSR count). The van der Waals surface area contributed by atoms with Gasteiger partial charge in [-0.3, -0.25) is 9.59 Å². The van der Waals surface area contributed by atoms with Crippen LogP contribution in [0.15, 0.2) is 78.9 Å². The van der Waals surface area contributed by atoms with Gasteiger partial charge in [0.25, 0.3) is 0 Å². The molecule has 1 N–H and O–H groups in total. The third kappa shape index (κ3) is 4.90. The number of benzene rings is 3. The predicted octanol–water partition coefficient (Wildman–Crippen LogP) is 4.13. The quantitative estimate of drug-likeness (QED) is 0.661. The van der Waals surface area contributed by atoms with Gasteiger partial charge in [-0.1, -0.05) is 36.4 Å². The Bertz CT molecular complexity index is 1140. The molecule has 31 heavy (non-hydrogen) atoms. The molecule has 154 valence electrons. The van der Waals surface area contributed by atoms with Crippen LogP contribution < -0.4 is 15.0 Å². The molecule has 2 amide bonds. The van der Waals surface area contributed by atoms with Crippen LogP contribution in [-0.4, -0.2) is 18.4 Å². The Balaban J connectivity index is 1.37. The Morgan fingerprint density at radius 3 is 2.68 bits per heavy atom. The normalized spacial score (nSPS) is 15.4. The summed E-state index contributed by atoms with van der Waals surface area (Å²) in [5.74, 6) is -0.0479. The lowest BCUT2D eigenvalue weighted by atomic mass is 10.1. The zero-order valence-corrected chi connectivity index (χ0v) is 16.8.